The lowest BCUT2D eigenvalue weighted by atomic mass is 10.3. The van der Waals surface area contributed by atoms with Gasteiger partial charge in [-0.05, 0) is 13.0 Å². The molecule has 1 amide bonds. The average molecular weight is 307 g/mol. The third-order valence-corrected chi connectivity index (χ3v) is 3.91. The fraction of sp³-hybridized carbons (Fsp3) is 0.214. The van der Waals surface area contributed by atoms with Crippen molar-refractivity contribution in [3.8, 4) is 10.6 Å². The minimum Gasteiger partial charge on any atom is -0.445 e. The summed E-state index contributed by atoms with van der Waals surface area (Å²) in [5.74, 6) is -0.430. The fourth-order valence-corrected chi connectivity index (χ4v) is 2.66. The van der Waals surface area contributed by atoms with E-state index in [4.69, 9.17) is 4.74 Å². The lowest BCUT2D eigenvalue weighted by molar-refractivity contribution is 0.167. The van der Waals surface area contributed by atoms with Crippen molar-refractivity contribution >= 4 is 22.4 Å². The van der Waals surface area contributed by atoms with E-state index in [0.717, 1.165) is 6.20 Å². The maximum Gasteiger partial charge on any atom is 0.415 e. The highest BCUT2D eigenvalue weighted by atomic mass is 32.1. The molecule has 0 saturated carbocycles. The van der Waals surface area contributed by atoms with Gasteiger partial charge >= 0.3 is 6.09 Å². The molecule has 2 heterocycles. The van der Waals surface area contributed by atoms with E-state index >= 15 is 0 Å². The molecule has 0 aliphatic heterocycles. The Morgan fingerprint density at radius 1 is 1.57 bits per heavy atom. The Bertz CT molecular complexity index is 672. The van der Waals surface area contributed by atoms with Gasteiger partial charge < -0.3 is 4.74 Å². The summed E-state index contributed by atoms with van der Waals surface area (Å²) in [6.07, 6.45) is 3.66. The summed E-state index contributed by atoms with van der Waals surface area (Å²) in [6, 6.07) is 1.35. The first kappa shape index (κ1) is 15.1. The van der Waals surface area contributed by atoms with E-state index in [1.165, 1.54) is 34.6 Å². The zero-order chi connectivity index (χ0) is 15.4. The molecule has 7 heteroatoms. The van der Waals surface area contributed by atoms with Crippen LogP contribution in [0.15, 0.2) is 31.1 Å². The van der Waals surface area contributed by atoms with Crippen LogP contribution in [-0.4, -0.2) is 29.7 Å². The van der Waals surface area contributed by atoms with Gasteiger partial charge in [0.25, 0.3) is 0 Å². The van der Waals surface area contributed by atoms with Crippen LogP contribution < -0.4 is 4.90 Å². The number of rotatable bonds is 4. The SMILES string of the molecule is C=CCOC(=O)N(C)c1sc(-c2cncc(F)c2)nc1C. The smallest absolute Gasteiger partial charge is 0.415 e. The van der Waals surface area contributed by atoms with Gasteiger partial charge in [-0.15, -0.1) is 0 Å². The summed E-state index contributed by atoms with van der Waals surface area (Å²) < 4.78 is 18.2. The molecule has 0 spiro atoms. The Hall–Kier alpha value is -2.28. The third kappa shape index (κ3) is 3.43. The van der Waals surface area contributed by atoms with E-state index in [1.807, 2.05) is 0 Å². The standard InChI is InChI=1S/C14H14FN3O2S/c1-4-5-20-14(19)18(3)13-9(2)17-12(21-13)10-6-11(15)8-16-7-10/h4,6-8H,1,5H2,2-3H3. The maximum atomic E-state index is 13.2. The van der Waals surface area contributed by atoms with E-state index in [9.17, 15) is 9.18 Å². The van der Waals surface area contributed by atoms with E-state index in [1.54, 1.807) is 14.0 Å². The molecule has 0 aliphatic rings. The van der Waals surface area contributed by atoms with Gasteiger partial charge in [-0.1, -0.05) is 24.0 Å². The predicted octanol–water partition coefficient (Wildman–Crippen LogP) is 3.41. The van der Waals surface area contributed by atoms with Gasteiger partial charge in [-0.3, -0.25) is 9.88 Å². The Balaban J connectivity index is 2.27. The summed E-state index contributed by atoms with van der Waals surface area (Å²) in [5, 5.41) is 1.24. The molecule has 21 heavy (non-hydrogen) atoms. The Morgan fingerprint density at radius 2 is 2.33 bits per heavy atom. The van der Waals surface area contributed by atoms with Crippen molar-refractivity contribution in [1.29, 1.82) is 0 Å². The van der Waals surface area contributed by atoms with E-state index in [2.05, 4.69) is 16.5 Å². The molecule has 0 unspecified atom stereocenters. The number of aromatic nitrogens is 2. The number of nitrogens with zero attached hydrogens (tertiary/aromatic N) is 3. The molecular weight excluding hydrogens is 293 g/mol. The highest BCUT2D eigenvalue weighted by molar-refractivity contribution is 7.19. The van der Waals surface area contributed by atoms with Gasteiger partial charge in [0.15, 0.2) is 0 Å². The van der Waals surface area contributed by atoms with Gasteiger partial charge in [0, 0.05) is 18.8 Å². The number of carbonyl (C=O) groups excluding carboxylic acids is 1. The zero-order valence-corrected chi connectivity index (χ0v) is 12.5. The lowest BCUT2D eigenvalue weighted by Gasteiger charge is -2.14. The van der Waals surface area contributed by atoms with Crippen LogP contribution in [0.1, 0.15) is 5.69 Å². The van der Waals surface area contributed by atoms with Crippen molar-refractivity contribution < 1.29 is 13.9 Å². The molecule has 0 N–H and O–H groups in total. The van der Waals surface area contributed by atoms with E-state index < -0.39 is 11.9 Å². The van der Waals surface area contributed by atoms with Crippen molar-refractivity contribution in [1.82, 2.24) is 9.97 Å². The van der Waals surface area contributed by atoms with Crippen molar-refractivity contribution in [3.63, 3.8) is 0 Å². The summed E-state index contributed by atoms with van der Waals surface area (Å²) in [5.41, 5.74) is 1.24. The van der Waals surface area contributed by atoms with Crippen LogP contribution >= 0.6 is 11.3 Å². The van der Waals surface area contributed by atoms with Gasteiger partial charge in [-0.2, -0.15) is 0 Å². The second-order valence-electron chi connectivity index (χ2n) is 4.23. The fourth-order valence-electron chi connectivity index (χ4n) is 1.66. The minimum absolute atomic E-state index is 0.141. The normalized spacial score (nSPS) is 10.2. The molecule has 2 aromatic heterocycles. The first-order valence-corrected chi connectivity index (χ1v) is 6.94. The van der Waals surface area contributed by atoms with Crippen LogP contribution in [0.4, 0.5) is 14.2 Å². The molecule has 0 aliphatic carbocycles. The van der Waals surface area contributed by atoms with Gasteiger partial charge in [0.05, 0.1) is 11.9 Å². The minimum atomic E-state index is -0.495. The van der Waals surface area contributed by atoms with Crippen LogP contribution in [0.5, 0.6) is 0 Å². The van der Waals surface area contributed by atoms with Crippen LogP contribution in [0.3, 0.4) is 0 Å². The molecule has 0 fully saturated rings. The van der Waals surface area contributed by atoms with Crippen LogP contribution in [0.2, 0.25) is 0 Å². The second kappa shape index (κ2) is 6.45. The van der Waals surface area contributed by atoms with Gasteiger partial charge in [0.2, 0.25) is 0 Å². The molecule has 2 rings (SSSR count). The molecule has 0 saturated heterocycles. The molecule has 110 valence electrons. The molecule has 5 nitrogen and oxygen atoms in total. The van der Waals surface area contributed by atoms with Crippen molar-refractivity contribution in [3.05, 3.63) is 42.6 Å². The molecule has 0 aromatic carbocycles. The maximum absolute atomic E-state index is 13.2. The van der Waals surface area contributed by atoms with Crippen molar-refractivity contribution in [2.45, 2.75) is 6.92 Å². The number of ether oxygens (including phenoxy) is 1. The highest BCUT2D eigenvalue weighted by Crippen LogP contribution is 2.33. The lowest BCUT2D eigenvalue weighted by Crippen LogP contribution is -2.26. The zero-order valence-electron chi connectivity index (χ0n) is 11.7. The second-order valence-corrected chi connectivity index (χ2v) is 5.20. The number of anilines is 1. The Morgan fingerprint density at radius 3 is 3.00 bits per heavy atom. The monoisotopic (exact) mass is 307 g/mol. The number of pyridine rings is 1. The van der Waals surface area contributed by atoms with Crippen LogP contribution in [0, 0.1) is 12.7 Å². The summed E-state index contributed by atoms with van der Waals surface area (Å²) in [7, 11) is 1.60. The topological polar surface area (TPSA) is 55.3 Å². The average Bonchev–Trinajstić information content (AvgIpc) is 2.86. The molecule has 0 atom stereocenters. The molecule has 0 radical (unpaired) electrons. The number of thiazole rings is 1. The number of hydrogen-bond donors (Lipinski definition) is 0. The molecule has 0 bridgehead atoms. The summed E-state index contributed by atoms with van der Waals surface area (Å²) >= 11 is 1.27. The molecule has 2 aromatic rings. The molecular formula is C14H14FN3O2S. The Labute approximate surface area is 125 Å². The summed E-state index contributed by atoms with van der Waals surface area (Å²) in [6.45, 7) is 5.40. The van der Waals surface area contributed by atoms with E-state index in [-0.39, 0.29) is 6.61 Å². The van der Waals surface area contributed by atoms with Gasteiger partial charge in [0.1, 0.15) is 22.4 Å². The van der Waals surface area contributed by atoms with Gasteiger partial charge in [-0.25, -0.2) is 14.2 Å². The van der Waals surface area contributed by atoms with E-state index in [0.29, 0.717) is 21.3 Å². The van der Waals surface area contributed by atoms with Crippen LogP contribution in [-0.2, 0) is 4.74 Å². The largest absolute Gasteiger partial charge is 0.445 e. The number of hydrogen-bond acceptors (Lipinski definition) is 5. The highest BCUT2D eigenvalue weighted by Gasteiger charge is 2.19. The van der Waals surface area contributed by atoms with Crippen molar-refractivity contribution in [2.24, 2.45) is 0 Å². The number of aryl methyl sites for hydroxylation is 1. The van der Waals surface area contributed by atoms with Crippen LogP contribution in [0.25, 0.3) is 10.6 Å². The third-order valence-electron chi connectivity index (χ3n) is 2.63. The summed E-state index contributed by atoms with van der Waals surface area (Å²) in [4.78, 5) is 21.3. The van der Waals surface area contributed by atoms with Crippen molar-refractivity contribution in [2.75, 3.05) is 18.6 Å². The number of amides is 1. The number of carbonyl (C=O) groups is 1. The first-order valence-electron chi connectivity index (χ1n) is 6.12. The predicted molar refractivity (Wildman–Crippen MR) is 80.0 cm³/mol. The Kier molecular flexibility index (Phi) is 4.64. The first-order chi connectivity index (χ1) is 10.0. The number of halogens is 1. The quantitative estimate of drug-likeness (QED) is 0.812.